The molecule has 7 nitrogen and oxygen atoms in total. The summed E-state index contributed by atoms with van der Waals surface area (Å²) in [4.78, 5) is 9.74. The van der Waals surface area contributed by atoms with Crippen molar-refractivity contribution in [1.29, 1.82) is 0 Å². The van der Waals surface area contributed by atoms with Crippen LogP contribution in [0.1, 0.15) is 33.1 Å². The lowest BCUT2D eigenvalue weighted by Gasteiger charge is -2.32. The molecule has 3 saturated heterocycles. The highest BCUT2D eigenvalue weighted by molar-refractivity contribution is 7.91. The van der Waals surface area contributed by atoms with Crippen LogP contribution in [-0.4, -0.2) is 93.7 Å². The number of nitrogens with one attached hydrogen (secondary N) is 1. The van der Waals surface area contributed by atoms with E-state index in [0.717, 1.165) is 64.6 Å². The molecule has 0 saturated carbocycles. The van der Waals surface area contributed by atoms with Crippen molar-refractivity contribution in [3.05, 3.63) is 0 Å². The molecule has 0 aliphatic carbocycles. The van der Waals surface area contributed by atoms with Crippen molar-refractivity contribution in [2.75, 3.05) is 57.4 Å². The van der Waals surface area contributed by atoms with E-state index in [1.54, 1.807) is 0 Å². The summed E-state index contributed by atoms with van der Waals surface area (Å²) in [6, 6.07) is 0.929. The predicted octanol–water partition coefficient (Wildman–Crippen LogP) is 0.572. The summed E-state index contributed by atoms with van der Waals surface area (Å²) in [5.74, 6) is 1.75. The number of rotatable bonds is 5. The minimum Gasteiger partial charge on any atom is -0.379 e. The summed E-state index contributed by atoms with van der Waals surface area (Å²) < 4.78 is 28.9. The summed E-state index contributed by atoms with van der Waals surface area (Å²) >= 11 is 0. The highest BCUT2D eigenvalue weighted by Gasteiger charge is 2.31. The Morgan fingerprint density at radius 3 is 2.69 bits per heavy atom. The Morgan fingerprint density at radius 1 is 1.27 bits per heavy atom. The Labute approximate surface area is 158 Å². The molecular weight excluding hydrogens is 352 g/mol. The number of likely N-dealkylation sites (tertiary alicyclic amines) is 1. The molecular formula is C18H34N4O3S. The molecule has 3 aliphatic rings. The lowest BCUT2D eigenvalue weighted by atomic mass is 10.1. The maximum atomic E-state index is 11.7. The molecule has 3 atom stereocenters. The minimum absolute atomic E-state index is 0.173. The fourth-order valence-corrected chi connectivity index (χ4v) is 5.82. The average molecular weight is 387 g/mol. The largest absolute Gasteiger partial charge is 0.379 e. The number of morpholine rings is 1. The van der Waals surface area contributed by atoms with Gasteiger partial charge in [0.05, 0.1) is 24.7 Å². The van der Waals surface area contributed by atoms with Crippen molar-refractivity contribution in [3.8, 4) is 0 Å². The van der Waals surface area contributed by atoms with E-state index in [2.05, 4.69) is 29.0 Å². The van der Waals surface area contributed by atoms with Gasteiger partial charge >= 0.3 is 0 Å². The zero-order valence-electron chi connectivity index (χ0n) is 16.2. The van der Waals surface area contributed by atoms with Crippen LogP contribution in [-0.2, 0) is 14.6 Å². The predicted molar refractivity (Wildman–Crippen MR) is 104 cm³/mol. The molecule has 0 amide bonds. The quantitative estimate of drug-likeness (QED) is 0.550. The first-order valence-electron chi connectivity index (χ1n) is 10.0. The van der Waals surface area contributed by atoms with Gasteiger partial charge in [-0.05, 0) is 32.1 Å². The molecule has 150 valence electrons. The highest BCUT2D eigenvalue weighted by Crippen LogP contribution is 2.20. The van der Waals surface area contributed by atoms with Crippen LogP contribution in [0.5, 0.6) is 0 Å². The molecule has 0 spiro atoms. The topological polar surface area (TPSA) is 74.2 Å². The van der Waals surface area contributed by atoms with Crippen molar-refractivity contribution in [1.82, 2.24) is 15.1 Å². The Balaban J connectivity index is 1.61. The van der Waals surface area contributed by atoms with Crippen LogP contribution in [0.3, 0.4) is 0 Å². The van der Waals surface area contributed by atoms with Crippen LogP contribution in [0.4, 0.5) is 0 Å². The van der Waals surface area contributed by atoms with E-state index in [1.807, 2.05) is 0 Å². The molecule has 0 bridgehead atoms. The van der Waals surface area contributed by atoms with Crippen molar-refractivity contribution in [2.24, 2.45) is 10.9 Å². The lowest BCUT2D eigenvalue weighted by Crippen LogP contribution is -2.48. The molecule has 3 aliphatic heterocycles. The molecule has 3 rings (SSSR count). The van der Waals surface area contributed by atoms with Crippen LogP contribution >= 0.6 is 0 Å². The van der Waals surface area contributed by atoms with E-state index in [4.69, 9.17) is 9.73 Å². The van der Waals surface area contributed by atoms with Gasteiger partial charge in [-0.25, -0.2) is 8.42 Å². The van der Waals surface area contributed by atoms with Crippen LogP contribution < -0.4 is 5.32 Å². The molecule has 3 unspecified atom stereocenters. The zero-order valence-corrected chi connectivity index (χ0v) is 17.0. The molecule has 0 aromatic carbocycles. The number of hydrogen-bond donors (Lipinski definition) is 1. The molecule has 0 radical (unpaired) electrons. The normalized spacial score (nSPS) is 31.3. The second kappa shape index (κ2) is 8.89. The third-order valence-corrected chi connectivity index (χ3v) is 7.68. The second-order valence-corrected chi connectivity index (χ2v) is 10.2. The number of ether oxygens (including phenoxy) is 1. The summed E-state index contributed by atoms with van der Waals surface area (Å²) in [5, 5.41) is 3.56. The SMILES string of the molecule is CCC(C)NC(=NCC1CCS(=O)(=O)C1)N1CCC(N2CCOCC2)C1. The van der Waals surface area contributed by atoms with Gasteiger partial charge in [-0.3, -0.25) is 9.89 Å². The first-order valence-corrected chi connectivity index (χ1v) is 11.9. The Morgan fingerprint density at radius 2 is 2.04 bits per heavy atom. The van der Waals surface area contributed by atoms with Crippen LogP contribution in [0.2, 0.25) is 0 Å². The summed E-state index contributed by atoms with van der Waals surface area (Å²) in [6.07, 6.45) is 2.94. The van der Waals surface area contributed by atoms with Gasteiger partial charge in [0.15, 0.2) is 15.8 Å². The third kappa shape index (κ3) is 5.33. The van der Waals surface area contributed by atoms with Crippen molar-refractivity contribution in [3.63, 3.8) is 0 Å². The highest BCUT2D eigenvalue weighted by atomic mass is 32.2. The molecule has 3 fully saturated rings. The molecule has 0 aromatic heterocycles. The number of hydrogen-bond acceptors (Lipinski definition) is 5. The van der Waals surface area contributed by atoms with Gasteiger partial charge in [0, 0.05) is 44.8 Å². The molecule has 0 aromatic rings. The first-order chi connectivity index (χ1) is 12.5. The standard InChI is InChI=1S/C18H34N4O3S/c1-3-15(2)20-18(19-12-16-5-11-26(23,24)14-16)22-6-4-17(13-22)21-7-9-25-10-8-21/h15-17H,3-14H2,1-2H3,(H,19,20). The van der Waals surface area contributed by atoms with Gasteiger partial charge < -0.3 is 15.0 Å². The number of sulfone groups is 1. The Hall–Kier alpha value is -0.860. The lowest BCUT2D eigenvalue weighted by molar-refractivity contribution is 0.0194. The van der Waals surface area contributed by atoms with E-state index in [9.17, 15) is 8.42 Å². The van der Waals surface area contributed by atoms with Crippen LogP contribution in [0, 0.1) is 5.92 Å². The molecule has 3 heterocycles. The molecule has 1 N–H and O–H groups in total. The van der Waals surface area contributed by atoms with Gasteiger partial charge in [-0.2, -0.15) is 0 Å². The number of nitrogens with zero attached hydrogens (tertiary/aromatic N) is 3. The van der Waals surface area contributed by atoms with Crippen LogP contribution in [0.25, 0.3) is 0 Å². The fraction of sp³-hybridized carbons (Fsp3) is 0.944. The summed E-state index contributed by atoms with van der Waals surface area (Å²) in [5.41, 5.74) is 0. The van der Waals surface area contributed by atoms with Crippen molar-refractivity contribution < 1.29 is 13.2 Å². The molecule has 8 heteroatoms. The van der Waals surface area contributed by atoms with Gasteiger partial charge in [0.1, 0.15) is 0 Å². The number of guanidine groups is 1. The van der Waals surface area contributed by atoms with Gasteiger partial charge in [-0.15, -0.1) is 0 Å². The first kappa shape index (κ1) is 19.9. The van der Waals surface area contributed by atoms with Gasteiger partial charge in [0.25, 0.3) is 0 Å². The average Bonchev–Trinajstić information content (AvgIpc) is 3.25. The van der Waals surface area contributed by atoms with E-state index in [1.165, 1.54) is 0 Å². The third-order valence-electron chi connectivity index (χ3n) is 5.84. The smallest absolute Gasteiger partial charge is 0.194 e. The maximum Gasteiger partial charge on any atom is 0.194 e. The van der Waals surface area contributed by atoms with Crippen molar-refractivity contribution in [2.45, 2.75) is 45.2 Å². The van der Waals surface area contributed by atoms with Gasteiger partial charge in [0.2, 0.25) is 0 Å². The van der Waals surface area contributed by atoms with Crippen molar-refractivity contribution >= 4 is 15.8 Å². The molecule has 26 heavy (non-hydrogen) atoms. The fourth-order valence-electron chi connectivity index (χ4n) is 3.97. The van der Waals surface area contributed by atoms with E-state index in [-0.39, 0.29) is 5.92 Å². The monoisotopic (exact) mass is 386 g/mol. The second-order valence-electron chi connectivity index (χ2n) is 7.92. The number of aliphatic imine (C=N–C) groups is 1. The van der Waals surface area contributed by atoms with E-state index >= 15 is 0 Å². The Bertz CT molecular complexity index is 589. The summed E-state index contributed by atoms with van der Waals surface area (Å²) in [6.45, 7) is 10.6. The van der Waals surface area contributed by atoms with Gasteiger partial charge in [-0.1, -0.05) is 6.92 Å². The van der Waals surface area contributed by atoms with E-state index < -0.39 is 9.84 Å². The van der Waals surface area contributed by atoms with Crippen LogP contribution in [0.15, 0.2) is 4.99 Å². The zero-order chi connectivity index (χ0) is 18.6. The van der Waals surface area contributed by atoms with E-state index in [0.29, 0.717) is 30.1 Å². The minimum atomic E-state index is -2.84. The Kier molecular flexibility index (Phi) is 6.80. The maximum absolute atomic E-state index is 11.7. The summed E-state index contributed by atoms with van der Waals surface area (Å²) in [7, 11) is -2.84.